The van der Waals surface area contributed by atoms with Gasteiger partial charge in [0.25, 0.3) is 0 Å². The number of esters is 1. The molecule has 0 spiro atoms. The first-order valence-corrected chi connectivity index (χ1v) is 12.7. The molecule has 1 fully saturated rings. The molecule has 0 heterocycles. The van der Waals surface area contributed by atoms with Crippen LogP contribution in [-0.4, -0.2) is 33.6 Å². The number of carbonyl (C=O) groups excluding carboxylic acids is 1. The maximum absolute atomic E-state index is 13.8. The number of rotatable bonds is 10. The van der Waals surface area contributed by atoms with Gasteiger partial charge in [-0.25, -0.2) is 0 Å². The van der Waals surface area contributed by atoms with Crippen LogP contribution in [0.15, 0.2) is 60.7 Å². The van der Waals surface area contributed by atoms with Crippen molar-refractivity contribution >= 4 is 11.9 Å². The molecule has 3 rings (SSSR count). The number of hydrogen-bond acceptors (Lipinski definition) is 4. The molecule has 0 saturated heterocycles. The standard InChI is InChI=1S/C30H41NO4/c1-23(31(20-24-14-8-6-9-15-24)21-25-16-10-7-11-17-25)29(5,27(34)35-28(2,3)4)22-30(26(32)33)18-12-13-19-30/h6-11,14-17,23H,12-13,18-22H2,1-5H3,(H,32,33)/t23-,29-/m0/s1. The van der Waals surface area contributed by atoms with E-state index in [1.807, 2.05) is 64.1 Å². The van der Waals surface area contributed by atoms with Crippen molar-refractivity contribution < 1.29 is 19.4 Å². The van der Waals surface area contributed by atoms with Crippen LogP contribution in [0.5, 0.6) is 0 Å². The minimum absolute atomic E-state index is 0.255. The van der Waals surface area contributed by atoms with Gasteiger partial charge in [0.15, 0.2) is 0 Å². The van der Waals surface area contributed by atoms with Crippen LogP contribution in [0, 0.1) is 10.8 Å². The number of aliphatic carboxylic acids is 1. The van der Waals surface area contributed by atoms with Gasteiger partial charge in [-0.1, -0.05) is 73.5 Å². The Labute approximate surface area is 210 Å². The van der Waals surface area contributed by atoms with E-state index in [-0.39, 0.29) is 18.4 Å². The van der Waals surface area contributed by atoms with E-state index in [4.69, 9.17) is 4.74 Å². The van der Waals surface area contributed by atoms with Crippen molar-refractivity contribution in [2.24, 2.45) is 10.8 Å². The molecular formula is C30H41NO4. The van der Waals surface area contributed by atoms with Gasteiger partial charge < -0.3 is 9.84 Å². The zero-order valence-corrected chi connectivity index (χ0v) is 21.9. The topological polar surface area (TPSA) is 66.8 Å². The van der Waals surface area contributed by atoms with Gasteiger partial charge in [-0.15, -0.1) is 0 Å². The molecule has 2 atom stereocenters. The number of hydrogen-bond donors (Lipinski definition) is 1. The molecule has 1 aliphatic carbocycles. The lowest BCUT2D eigenvalue weighted by Gasteiger charge is -2.45. The van der Waals surface area contributed by atoms with Crippen molar-refractivity contribution in [2.45, 2.75) is 91.5 Å². The van der Waals surface area contributed by atoms with Crippen LogP contribution in [0.1, 0.15) is 77.8 Å². The summed E-state index contributed by atoms with van der Waals surface area (Å²) < 4.78 is 5.95. The van der Waals surface area contributed by atoms with Crippen LogP contribution >= 0.6 is 0 Å². The Morgan fingerprint density at radius 1 is 0.914 bits per heavy atom. The Morgan fingerprint density at radius 2 is 1.37 bits per heavy atom. The number of carbonyl (C=O) groups is 2. The first kappa shape index (κ1) is 26.9. The van der Waals surface area contributed by atoms with Crippen molar-refractivity contribution in [1.29, 1.82) is 0 Å². The van der Waals surface area contributed by atoms with Crippen molar-refractivity contribution in [3.8, 4) is 0 Å². The number of benzene rings is 2. The van der Waals surface area contributed by atoms with Crippen LogP contribution < -0.4 is 0 Å². The quantitative estimate of drug-likeness (QED) is 0.396. The SMILES string of the molecule is C[C@H](N(Cc1ccccc1)Cc1ccccc1)[C@](C)(CC1(C(=O)O)CCCC1)C(=O)OC(C)(C)C. The Kier molecular flexibility index (Phi) is 8.42. The fourth-order valence-electron chi connectivity index (χ4n) is 5.37. The summed E-state index contributed by atoms with van der Waals surface area (Å²) in [5, 5.41) is 10.3. The first-order valence-electron chi connectivity index (χ1n) is 12.7. The average Bonchev–Trinajstić information content (AvgIpc) is 3.28. The van der Waals surface area contributed by atoms with Crippen molar-refractivity contribution in [3.05, 3.63) is 71.8 Å². The molecule has 1 saturated carbocycles. The van der Waals surface area contributed by atoms with Crippen LogP contribution in [0.25, 0.3) is 0 Å². The highest BCUT2D eigenvalue weighted by molar-refractivity contribution is 5.81. The van der Waals surface area contributed by atoms with E-state index in [9.17, 15) is 14.7 Å². The molecule has 1 N–H and O–H groups in total. The molecule has 190 valence electrons. The Morgan fingerprint density at radius 3 is 1.77 bits per heavy atom. The Balaban J connectivity index is 2.02. The zero-order chi connectivity index (χ0) is 25.7. The molecule has 0 aromatic heterocycles. The van der Waals surface area contributed by atoms with Crippen LogP contribution in [0.3, 0.4) is 0 Å². The molecule has 0 bridgehead atoms. The molecule has 0 unspecified atom stereocenters. The molecule has 5 nitrogen and oxygen atoms in total. The summed E-state index contributed by atoms with van der Waals surface area (Å²) in [6.07, 6.45) is 3.23. The molecule has 0 amide bonds. The third-order valence-electron chi connectivity index (χ3n) is 7.51. The average molecular weight is 480 g/mol. The van der Waals surface area contributed by atoms with E-state index in [1.54, 1.807) is 0 Å². The second kappa shape index (κ2) is 10.9. The second-order valence-corrected chi connectivity index (χ2v) is 11.4. The monoisotopic (exact) mass is 479 g/mol. The van der Waals surface area contributed by atoms with Gasteiger partial charge in [-0.2, -0.15) is 0 Å². The van der Waals surface area contributed by atoms with Crippen molar-refractivity contribution in [2.75, 3.05) is 0 Å². The van der Waals surface area contributed by atoms with Gasteiger partial charge in [-0.3, -0.25) is 14.5 Å². The predicted octanol–water partition coefficient (Wildman–Crippen LogP) is 6.46. The molecule has 5 heteroatoms. The van der Waals surface area contributed by atoms with E-state index in [2.05, 4.69) is 36.1 Å². The van der Waals surface area contributed by atoms with Crippen molar-refractivity contribution in [3.63, 3.8) is 0 Å². The van der Waals surface area contributed by atoms with E-state index in [0.717, 1.165) is 24.0 Å². The summed E-state index contributed by atoms with van der Waals surface area (Å²) in [5.74, 6) is -1.12. The lowest BCUT2D eigenvalue weighted by Crippen LogP contribution is -2.53. The van der Waals surface area contributed by atoms with E-state index in [0.29, 0.717) is 25.9 Å². The fourth-order valence-corrected chi connectivity index (χ4v) is 5.37. The molecule has 1 aliphatic rings. The predicted molar refractivity (Wildman–Crippen MR) is 139 cm³/mol. The largest absolute Gasteiger partial charge is 0.481 e. The van der Waals surface area contributed by atoms with E-state index >= 15 is 0 Å². The lowest BCUT2D eigenvalue weighted by atomic mass is 9.67. The number of ether oxygens (including phenoxy) is 1. The summed E-state index contributed by atoms with van der Waals surface area (Å²) in [4.78, 5) is 28.7. The smallest absolute Gasteiger partial charge is 0.313 e. The summed E-state index contributed by atoms with van der Waals surface area (Å²) in [6.45, 7) is 10.9. The maximum Gasteiger partial charge on any atom is 0.313 e. The molecule has 0 radical (unpaired) electrons. The van der Waals surface area contributed by atoms with Crippen molar-refractivity contribution in [1.82, 2.24) is 4.90 Å². The van der Waals surface area contributed by atoms with Crippen LogP contribution in [0.2, 0.25) is 0 Å². The van der Waals surface area contributed by atoms with Gasteiger partial charge in [-0.05, 0) is 65.0 Å². The minimum Gasteiger partial charge on any atom is -0.481 e. The van der Waals surface area contributed by atoms with Gasteiger partial charge in [0.05, 0.1) is 10.8 Å². The Hall–Kier alpha value is -2.66. The molecule has 2 aromatic carbocycles. The summed E-state index contributed by atoms with van der Waals surface area (Å²) >= 11 is 0. The van der Waals surface area contributed by atoms with E-state index in [1.165, 1.54) is 0 Å². The third kappa shape index (κ3) is 6.72. The highest BCUT2D eigenvalue weighted by Crippen LogP contribution is 2.49. The van der Waals surface area contributed by atoms with Gasteiger partial charge >= 0.3 is 11.9 Å². The molecule has 35 heavy (non-hydrogen) atoms. The summed E-state index contributed by atoms with van der Waals surface area (Å²) in [7, 11) is 0. The maximum atomic E-state index is 13.8. The van der Waals surface area contributed by atoms with E-state index < -0.39 is 22.4 Å². The number of carboxylic acids is 1. The second-order valence-electron chi connectivity index (χ2n) is 11.4. The highest BCUT2D eigenvalue weighted by atomic mass is 16.6. The lowest BCUT2D eigenvalue weighted by molar-refractivity contribution is -0.176. The molecule has 2 aromatic rings. The summed E-state index contributed by atoms with van der Waals surface area (Å²) in [6, 6.07) is 20.2. The number of nitrogens with zero attached hydrogens (tertiary/aromatic N) is 1. The third-order valence-corrected chi connectivity index (χ3v) is 7.51. The highest BCUT2D eigenvalue weighted by Gasteiger charge is 2.53. The minimum atomic E-state index is -1.00. The molecular weight excluding hydrogens is 438 g/mol. The van der Waals surface area contributed by atoms with Crippen LogP contribution in [-0.2, 0) is 27.4 Å². The molecule has 0 aliphatic heterocycles. The van der Waals surface area contributed by atoms with Gasteiger partial charge in [0, 0.05) is 19.1 Å². The summed E-state index contributed by atoms with van der Waals surface area (Å²) in [5.41, 5.74) is -0.260. The van der Waals surface area contributed by atoms with Crippen LogP contribution in [0.4, 0.5) is 0 Å². The zero-order valence-electron chi connectivity index (χ0n) is 21.9. The first-order chi connectivity index (χ1) is 16.5. The Bertz CT molecular complexity index is 935. The van der Waals surface area contributed by atoms with Gasteiger partial charge in [0.2, 0.25) is 0 Å². The number of carboxylic acid groups (broad SMARTS) is 1. The van der Waals surface area contributed by atoms with Gasteiger partial charge in [0.1, 0.15) is 5.60 Å². The normalized spacial score (nSPS) is 18.1. The fraction of sp³-hybridized carbons (Fsp3) is 0.533.